The number of nitrogens with zero attached hydrogens (tertiary/aromatic N) is 2. The lowest BCUT2D eigenvalue weighted by Crippen LogP contribution is -1.93. The van der Waals surface area contributed by atoms with E-state index in [1.807, 2.05) is 0 Å². The van der Waals surface area contributed by atoms with Crippen LogP contribution < -0.4 is 0 Å². The van der Waals surface area contributed by atoms with Crippen molar-refractivity contribution in [3.63, 3.8) is 0 Å². The van der Waals surface area contributed by atoms with Crippen LogP contribution in [0.3, 0.4) is 0 Å². The first-order valence-electron chi connectivity index (χ1n) is 8.49. The smallest absolute Gasteiger partial charge is 0.127 e. The number of allylic oxidation sites excluding steroid dienone is 2. The Bertz CT molecular complexity index is 753. The van der Waals surface area contributed by atoms with Gasteiger partial charge in [-0.05, 0) is 60.1 Å². The van der Waals surface area contributed by atoms with Crippen molar-refractivity contribution in [3.05, 3.63) is 95.6 Å². The molecule has 0 radical (unpaired) electrons. The molecule has 0 atom stereocenters. The minimum Gasteiger partial charge on any atom is -0.207 e. The highest BCUT2D eigenvalue weighted by atomic mass is 19.1. The molecule has 0 heterocycles. The molecular formula is C22H22F2N2. The summed E-state index contributed by atoms with van der Waals surface area (Å²) in [6, 6.07) is 9.89. The predicted octanol–water partition coefficient (Wildman–Crippen LogP) is 5.66. The molecule has 2 aromatic carbocycles. The standard InChI is InChI=1S/C22H22F2N2/c1-3-5-7-19-11-9-17(13-21(19)23)15-25-26-16-18-10-12-20(8-6-4-2)22(24)14-18/h3-4,9-16H,1-2,5-8H2. The largest absolute Gasteiger partial charge is 0.207 e. The zero-order valence-corrected chi connectivity index (χ0v) is 14.7. The van der Waals surface area contributed by atoms with Crippen molar-refractivity contribution in [1.82, 2.24) is 0 Å². The van der Waals surface area contributed by atoms with Crippen LogP contribution in [0.15, 0.2) is 71.9 Å². The average molecular weight is 352 g/mol. The van der Waals surface area contributed by atoms with Crippen LogP contribution in [0.4, 0.5) is 8.78 Å². The maximum Gasteiger partial charge on any atom is 0.127 e. The second kappa shape index (κ2) is 10.2. The maximum atomic E-state index is 13.9. The fourth-order valence-electron chi connectivity index (χ4n) is 2.41. The van der Waals surface area contributed by atoms with Crippen LogP contribution in [0.2, 0.25) is 0 Å². The molecule has 2 nitrogen and oxygen atoms in total. The van der Waals surface area contributed by atoms with Gasteiger partial charge in [-0.15, -0.1) is 13.2 Å². The molecule has 0 aliphatic carbocycles. The van der Waals surface area contributed by atoms with Gasteiger partial charge in [-0.2, -0.15) is 10.2 Å². The van der Waals surface area contributed by atoms with Crippen molar-refractivity contribution in [3.8, 4) is 0 Å². The van der Waals surface area contributed by atoms with E-state index in [1.165, 1.54) is 24.6 Å². The molecule has 0 aromatic heterocycles. The van der Waals surface area contributed by atoms with Crippen LogP contribution in [-0.4, -0.2) is 12.4 Å². The highest BCUT2D eigenvalue weighted by Gasteiger charge is 2.02. The fraction of sp³-hybridized carbons (Fsp3) is 0.182. The Morgan fingerprint density at radius 3 is 1.50 bits per heavy atom. The zero-order chi connectivity index (χ0) is 18.8. The molecule has 2 rings (SSSR count). The summed E-state index contributed by atoms with van der Waals surface area (Å²) in [4.78, 5) is 0. The zero-order valence-electron chi connectivity index (χ0n) is 14.7. The lowest BCUT2D eigenvalue weighted by Gasteiger charge is -2.02. The van der Waals surface area contributed by atoms with E-state index in [0.29, 0.717) is 35.1 Å². The van der Waals surface area contributed by atoms with Crippen molar-refractivity contribution >= 4 is 12.4 Å². The van der Waals surface area contributed by atoms with Crippen molar-refractivity contribution in [2.45, 2.75) is 25.7 Å². The van der Waals surface area contributed by atoms with Gasteiger partial charge in [0.05, 0.1) is 12.4 Å². The number of aryl methyl sites for hydroxylation is 2. The van der Waals surface area contributed by atoms with Crippen LogP contribution in [0.25, 0.3) is 0 Å². The van der Waals surface area contributed by atoms with E-state index in [4.69, 9.17) is 0 Å². The summed E-state index contributed by atoms with van der Waals surface area (Å²) in [6.07, 6.45) is 9.17. The summed E-state index contributed by atoms with van der Waals surface area (Å²) in [7, 11) is 0. The number of hydrogen-bond donors (Lipinski definition) is 0. The van der Waals surface area contributed by atoms with Gasteiger partial charge in [-0.1, -0.05) is 36.4 Å². The van der Waals surface area contributed by atoms with E-state index in [-0.39, 0.29) is 11.6 Å². The molecule has 0 spiro atoms. The van der Waals surface area contributed by atoms with Crippen molar-refractivity contribution in [1.29, 1.82) is 0 Å². The third kappa shape index (κ3) is 5.88. The first-order valence-corrected chi connectivity index (χ1v) is 8.49. The molecule has 2 aromatic rings. The van der Waals surface area contributed by atoms with Crippen LogP contribution in [0.1, 0.15) is 35.1 Å². The Morgan fingerprint density at radius 2 is 1.15 bits per heavy atom. The highest BCUT2D eigenvalue weighted by molar-refractivity contribution is 5.82. The van der Waals surface area contributed by atoms with E-state index in [1.54, 1.807) is 36.4 Å². The minimum absolute atomic E-state index is 0.267. The van der Waals surface area contributed by atoms with Gasteiger partial charge in [0.15, 0.2) is 0 Å². The molecule has 0 fully saturated rings. The molecule has 0 amide bonds. The number of hydrogen-bond acceptors (Lipinski definition) is 2. The van der Waals surface area contributed by atoms with Gasteiger partial charge in [-0.25, -0.2) is 8.78 Å². The molecule has 0 bridgehead atoms. The molecule has 4 heteroatoms. The monoisotopic (exact) mass is 352 g/mol. The summed E-state index contributed by atoms with van der Waals surface area (Å²) < 4.78 is 27.9. The fourth-order valence-corrected chi connectivity index (χ4v) is 2.41. The summed E-state index contributed by atoms with van der Waals surface area (Å²) in [6.45, 7) is 7.27. The van der Waals surface area contributed by atoms with Crippen LogP contribution >= 0.6 is 0 Å². The average Bonchev–Trinajstić information content (AvgIpc) is 2.64. The van der Waals surface area contributed by atoms with Gasteiger partial charge in [-0.3, -0.25) is 0 Å². The topological polar surface area (TPSA) is 24.7 Å². The first-order chi connectivity index (χ1) is 12.6. The van der Waals surface area contributed by atoms with Crippen molar-refractivity contribution < 1.29 is 8.78 Å². The Labute approximate surface area is 153 Å². The van der Waals surface area contributed by atoms with Gasteiger partial charge < -0.3 is 0 Å². The van der Waals surface area contributed by atoms with E-state index < -0.39 is 0 Å². The Hall–Kier alpha value is -2.88. The third-order valence-corrected chi connectivity index (χ3v) is 3.87. The third-order valence-electron chi connectivity index (χ3n) is 3.87. The van der Waals surface area contributed by atoms with E-state index in [9.17, 15) is 8.78 Å². The second-order valence-electron chi connectivity index (χ2n) is 5.85. The summed E-state index contributed by atoms with van der Waals surface area (Å²) in [5, 5.41) is 7.79. The van der Waals surface area contributed by atoms with Gasteiger partial charge in [0.1, 0.15) is 11.6 Å². The number of halogens is 2. The van der Waals surface area contributed by atoms with Crippen LogP contribution in [0.5, 0.6) is 0 Å². The van der Waals surface area contributed by atoms with Gasteiger partial charge in [0.25, 0.3) is 0 Å². The Balaban J connectivity index is 1.99. The van der Waals surface area contributed by atoms with Crippen molar-refractivity contribution in [2.75, 3.05) is 0 Å². The van der Waals surface area contributed by atoms with Crippen LogP contribution in [-0.2, 0) is 12.8 Å². The van der Waals surface area contributed by atoms with Gasteiger partial charge >= 0.3 is 0 Å². The van der Waals surface area contributed by atoms with Gasteiger partial charge in [0, 0.05) is 0 Å². The molecule has 0 saturated carbocycles. The summed E-state index contributed by atoms with van der Waals surface area (Å²) >= 11 is 0. The van der Waals surface area contributed by atoms with Crippen molar-refractivity contribution in [2.24, 2.45) is 10.2 Å². The molecule has 0 saturated heterocycles. The van der Waals surface area contributed by atoms with E-state index >= 15 is 0 Å². The maximum absolute atomic E-state index is 13.9. The molecule has 0 unspecified atom stereocenters. The summed E-state index contributed by atoms with van der Waals surface area (Å²) in [5.74, 6) is -0.533. The molecule has 0 N–H and O–H groups in total. The first kappa shape index (κ1) is 19.4. The van der Waals surface area contributed by atoms with Crippen LogP contribution in [0, 0.1) is 11.6 Å². The van der Waals surface area contributed by atoms with E-state index in [0.717, 1.165) is 12.8 Å². The molecule has 26 heavy (non-hydrogen) atoms. The van der Waals surface area contributed by atoms with E-state index in [2.05, 4.69) is 23.4 Å². The quantitative estimate of drug-likeness (QED) is 0.316. The SMILES string of the molecule is C=CCCc1ccc(C=NN=Cc2ccc(CCC=C)c(F)c2)cc1F. The molecule has 0 aliphatic heterocycles. The number of benzene rings is 2. The summed E-state index contributed by atoms with van der Waals surface area (Å²) in [5.41, 5.74) is 2.54. The second-order valence-corrected chi connectivity index (χ2v) is 5.85. The molecular weight excluding hydrogens is 330 g/mol. The molecule has 134 valence electrons. The Kier molecular flexibility index (Phi) is 7.62. The number of rotatable bonds is 9. The lowest BCUT2D eigenvalue weighted by atomic mass is 10.1. The Morgan fingerprint density at radius 1 is 0.731 bits per heavy atom. The van der Waals surface area contributed by atoms with Gasteiger partial charge in [0.2, 0.25) is 0 Å². The highest BCUT2D eigenvalue weighted by Crippen LogP contribution is 2.13. The predicted molar refractivity (Wildman–Crippen MR) is 105 cm³/mol. The normalized spacial score (nSPS) is 11.3. The molecule has 0 aliphatic rings. The lowest BCUT2D eigenvalue weighted by molar-refractivity contribution is 0.609. The minimum atomic E-state index is -0.267.